The molecule has 0 atom stereocenters. The first-order valence-corrected chi connectivity index (χ1v) is 6.85. The van der Waals surface area contributed by atoms with E-state index in [0.29, 0.717) is 23.1 Å². The second kappa shape index (κ2) is 5.71. The van der Waals surface area contributed by atoms with Gasteiger partial charge in [0.15, 0.2) is 0 Å². The summed E-state index contributed by atoms with van der Waals surface area (Å²) < 4.78 is 2.68. The van der Waals surface area contributed by atoms with Crippen LogP contribution in [0, 0.1) is 6.92 Å². The van der Waals surface area contributed by atoms with Crippen LogP contribution in [0.4, 0.5) is 5.95 Å². The van der Waals surface area contributed by atoms with E-state index in [1.54, 1.807) is 19.1 Å². The molecule has 0 radical (unpaired) electrons. The molecule has 2 aromatic heterocycles. The number of amides is 1. The maximum atomic E-state index is 12.2. The number of carbonyl (C=O) groups is 1. The Morgan fingerprint density at radius 3 is 2.84 bits per heavy atom. The molecule has 0 aliphatic carbocycles. The molecule has 0 unspecified atom stereocenters. The predicted molar refractivity (Wildman–Crippen MR) is 77.5 cm³/mol. The molecule has 1 N–H and O–H groups in total. The summed E-state index contributed by atoms with van der Waals surface area (Å²) in [5, 5.41) is 2.94. The maximum absolute atomic E-state index is 12.2. The molecule has 0 fully saturated rings. The van der Waals surface area contributed by atoms with Crippen molar-refractivity contribution in [2.75, 3.05) is 5.32 Å². The average molecular weight is 344 g/mol. The predicted octanol–water partition coefficient (Wildman–Crippen LogP) is 3.27. The van der Waals surface area contributed by atoms with Crippen LogP contribution in [0.3, 0.4) is 0 Å². The van der Waals surface area contributed by atoms with Crippen molar-refractivity contribution in [3.63, 3.8) is 0 Å². The Labute approximate surface area is 124 Å². The molecule has 0 saturated heterocycles. The van der Waals surface area contributed by atoms with Gasteiger partial charge in [-0.1, -0.05) is 11.6 Å². The van der Waals surface area contributed by atoms with E-state index in [0.717, 1.165) is 4.47 Å². The molecule has 0 aromatic carbocycles. The summed E-state index contributed by atoms with van der Waals surface area (Å²) in [7, 11) is 0. The van der Waals surface area contributed by atoms with Gasteiger partial charge in [0, 0.05) is 22.9 Å². The minimum absolute atomic E-state index is 0.204. The molecule has 0 aliphatic heterocycles. The van der Waals surface area contributed by atoms with Gasteiger partial charge in [-0.2, -0.15) is 0 Å². The van der Waals surface area contributed by atoms with Crippen molar-refractivity contribution in [1.29, 1.82) is 0 Å². The minimum atomic E-state index is -0.269. The van der Waals surface area contributed by atoms with Crippen LogP contribution in [-0.4, -0.2) is 20.4 Å². The Hall–Kier alpha value is -1.40. The number of aromatic nitrogens is 3. The first-order chi connectivity index (χ1) is 8.99. The molecule has 0 aliphatic rings. The fourth-order valence-corrected chi connectivity index (χ4v) is 2.38. The zero-order valence-corrected chi connectivity index (χ0v) is 12.8. The highest BCUT2D eigenvalue weighted by Crippen LogP contribution is 2.16. The highest BCUT2D eigenvalue weighted by Gasteiger charge is 2.14. The second-order valence-electron chi connectivity index (χ2n) is 3.94. The quantitative estimate of drug-likeness (QED) is 0.870. The van der Waals surface area contributed by atoms with Crippen molar-refractivity contribution < 1.29 is 4.79 Å². The Kier molecular flexibility index (Phi) is 4.21. The van der Waals surface area contributed by atoms with Crippen LogP contribution in [0.1, 0.15) is 23.1 Å². The summed E-state index contributed by atoms with van der Waals surface area (Å²) in [4.78, 5) is 20.2. The van der Waals surface area contributed by atoms with E-state index >= 15 is 0 Å². The first-order valence-electron chi connectivity index (χ1n) is 5.68. The number of aryl methyl sites for hydroxylation is 2. The lowest BCUT2D eigenvalue weighted by Gasteiger charge is -2.07. The molecule has 2 aromatic rings. The lowest BCUT2D eigenvalue weighted by Crippen LogP contribution is -2.18. The SMILES string of the molecule is CCn1cc(Br)cc1C(=O)Nc1nc(C)cc(Cl)n1. The summed E-state index contributed by atoms with van der Waals surface area (Å²) in [6.45, 7) is 4.45. The van der Waals surface area contributed by atoms with Crippen LogP contribution in [0.15, 0.2) is 22.8 Å². The Morgan fingerprint density at radius 2 is 2.21 bits per heavy atom. The number of halogens is 2. The van der Waals surface area contributed by atoms with Gasteiger partial charge in [0.2, 0.25) is 5.95 Å². The number of hydrogen-bond donors (Lipinski definition) is 1. The van der Waals surface area contributed by atoms with E-state index < -0.39 is 0 Å². The van der Waals surface area contributed by atoms with Crippen LogP contribution in [0.5, 0.6) is 0 Å². The lowest BCUT2D eigenvalue weighted by atomic mass is 10.4. The number of carbonyl (C=O) groups excluding carboxylic acids is 1. The Morgan fingerprint density at radius 1 is 1.47 bits per heavy atom. The molecule has 5 nitrogen and oxygen atoms in total. The molecule has 19 heavy (non-hydrogen) atoms. The van der Waals surface area contributed by atoms with E-state index in [1.807, 2.05) is 17.7 Å². The fraction of sp³-hybridized carbons (Fsp3) is 0.250. The van der Waals surface area contributed by atoms with Crippen LogP contribution in [0.25, 0.3) is 0 Å². The molecule has 100 valence electrons. The number of nitrogens with zero attached hydrogens (tertiary/aromatic N) is 3. The van der Waals surface area contributed by atoms with E-state index in [1.165, 1.54) is 0 Å². The summed E-state index contributed by atoms with van der Waals surface area (Å²) in [5.41, 5.74) is 1.23. The van der Waals surface area contributed by atoms with Gasteiger partial charge in [0.05, 0.1) is 0 Å². The van der Waals surface area contributed by atoms with Gasteiger partial charge in [-0.05, 0) is 41.9 Å². The topological polar surface area (TPSA) is 59.8 Å². The molecular formula is C12H12BrClN4O. The molecule has 7 heteroatoms. The highest BCUT2D eigenvalue weighted by molar-refractivity contribution is 9.10. The number of rotatable bonds is 3. The summed E-state index contributed by atoms with van der Waals surface area (Å²) in [6, 6.07) is 3.37. The molecule has 0 saturated carbocycles. The smallest absolute Gasteiger partial charge is 0.274 e. The largest absolute Gasteiger partial charge is 0.343 e. The monoisotopic (exact) mass is 342 g/mol. The van der Waals surface area contributed by atoms with Crippen LogP contribution >= 0.6 is 27.5 Å². The first kappa shape index (κ1) is 14.0. The van der Waals surface area contributed by atoms with Gasteiger partial charge in [-0.25, -0.2) is 9.97 Å². The van der Waals surface area contributed by atoms with Crippen molar-refractivity contribution in [1.82, 2.24) is 14.5 Å². The van der Waals surface area contributed by atoms with Gasteiger partial charge >= 0.3 is 0 Å². The van der Waals surface area contributed by atoms with Crippen LogP contribution in [-0.2, 0) is 6.54 Å². The van der Waals surface area contributed by atoms with E-state index in [9.17, 15) is 4.79 Å². The van der Waals surface area contributed by atoms with Crippen LogP contribution < -0.4 is 5.32 Å². The Balaban J connectivity index is 2.25. The number of hydrogen-bond acceptors (Lipinski definition) is 3. The normalized spacial score (nSPS) is 10.5. The standard InChI is InChI=1S/C12H12BrClN4O/c1-3-18-6-8(13)5-9(18)11(19)17-12-15-7(2)4-10(14)16-12/h4-6H,3H2,1-2H3,(H,15,16,17,19). The van der Waals surface area contributed by atoms with Gasteiger partial charge in [-0.15, -0.1) is 0 Å². The third kappa shape index (κ3) is 3.33. The number of anilines is 1. The molecular weight excluding hydrogens is 332 g/mol. The van der Waals surface area contributed by atoms with Crippen molar-refractivity contribution in [2.45, 2.75) is 20.4 Å². The zero-order chi connectivity index (χ0) is 14.0. The van der Waals surface area contributed by atoms with Gasteiger partial charge in [0.1, 0.15) is 10.8 Å². The van der Waals surface area contributed by atoms with E-state index in [4.69, 9.17) is 11.6 Å². The molecule has 0 bridgehead atoms. The Bertz CT molecular complexity index is 606. The summed E-state index contributed by atoms with van der Waals surface area (Å²) in [5.74, 6) is -0.0656. The third-order valence-electron chi connectivity index (χ3n) is 2.48. The lowest BCUT2D eigenvalue weighted by molar-refractivity contribution is 0.101. The zero-order valence-electron chi connectivity index (χ0n) is 10.4. The molecule has 0 spiro atoms. The minimum Gasteiger partial charge on any atom is -0.343 e. The van der Waals surface area contributed by atoms with Crippen molar-refractivity contribution in [3.8, 4) is 0 Å². The third-order valence-corrected chi connectivity index (χ3v) is 3.11. The highest BCUT2D eigenvalue weighted by atomic mass is 79.9. The maximum Gasteiger partial charge on any atom is 0.274 e. The van der Waals surface area contributed by atoms with Gasteiger partial charge in [0.25, 0.3) is 5.91 Å². The summed E-state index contributed by atoms with van der Waals surface area (Å²) >= 11 is 9.17. The van der Waals surface area contributed by atoms with Crippen LogP contribution in [0.2, 0.25) is 5.15 Å². The fourth-order valence-electron chi connectivity index (χ4n) is 1.68. The number of nitrogens with one attached hydrogen (secondary N) is 1. The van der Waals surface area contributed by atoms with E-state index in [-0.39, 0.29) is 11.9 Å². The summed E-state index contributed by atoms with van der Waals surface area (Å²) in [6.07, 6.45) is 1.85. The van der Waals surface area contributed by atoms with Crippen molar-refractivity contribution in [2.24, 2.45) is 0 Å². The van der Waals surface area contributed by atoms with Gasteiger partial charge in [-0.3, -0.25) is 10.1 Å². The van der Waals surface area contributed by atoms with E-state index in [2.05, 4.69) is 31.2 Å². The second-order valence-corrected chi connectivity index (χ2v) is 5.24. The van der Waals surface area contributed by atoms with Gasteiger partial charge < -0.3 is 4.57 Å². The molecule has 2 heterocycles. The molecule has 2 rings (SSSR count). The molecule has 1 amide bonds. The van der Waals surface area contributed by atoms with Crippen molar-refractivity contribution >= 4 is 39.4 Å². The van der Waals surface area contributed by atoms with Crippen molar-refractivity contribution in [3.05, 3.63) is 39.3 Å². The average Bonchev–Trinajstić information content (AvgIpc) is 2.69.